The van der Waals surface area contributed by atoms with Crippen LogP contribution in [0.5, 0.6) is 0 Å². The van der Waals surface area contributed by atoms with Crippen LogP contribution in [0.4, 0.5) is 0 Å². The molecular formula is C15H21N3. The lowest BCUT2D eigenvalue weighted by Crippen LogP contribution is -2.32. The molecule has 0 aliphatic carbocycles. The summed E-state index contributed by atoms with van der Waals surface area (Å²) in [6, 6.07) is 10.8. The SMILES string of the molecule is CN(Cc1cccc(C#N)c1)C1CCCNCC1. The second kappa shape index (κ2) is 6.53. The summed E-state index contributed by atoms with van der Waals surface area (Å²) in [7, 11) is 2.19. The van der Waals surface area contributed by atoms with E-state index in [0.717, 1.165) is 25.2 Å². The Morgan fingerprint density at radius 1 is 1.39 bits per heavy atom. The maximum Gasteiger partial charge on any atom is 0.0991 e. The Labute approximate surface area is 109 Å². The third kappa shape index (κ3) is 3.56. The van der Waals surface area contributed by atoms with Crippen molar-refractivity contribution in [3.63, 3.8) is 0 Å². The molecule has 96 valence electrons. The third-order valence-electron chi connectivity index (χ3n) is 3.66. The van der Waals surface area contributed by atoms with Crippen molar-refractivity contribution in [2.45, 2.75) is 31.8 Å². The molecule has 1 fully saturated rings. The van der Waals surface area contributed by atoms with E-state index in [1.54, 1.807) is 0 Å². The number of rotatable bonds is 3. The number of hydrogen-bond donors (Lipinski definition) is 1. The lowest BCUT2D eigenvalue weighted by Gasteiger charge is -2.26. The van der Waals surface area contributed by atoms with E-state index in [0.29, 0.717) is 6.04 Å². The molecule has 1 aromatic rings. The quantitative estimate of drug-likeness (QED) is 0.884. The van der Waals surface area contributed by atoms with Crippen LogP contribution in [0.1, 0.15) is 30.4 Å². The topological polar surface area (TPSA) is 39.1 Å². The average Bonchev–Trinajstić information content (AvgIpc) is 2.68. The summed E-state index contributed by atoms with van der Waals surface area (Å²) >= 11 is 0. The lowest BCUT2D eigenvalue weighted by atomic mass is 10.1. The van der Waals surface area contributed by atoms with Crippen LogP contribution in [-0.4, -0.2) is 31.1 Å². The van der Waals surface area contributed by atoms with E-state index in [4.69, 9.17) is 5.26 Å². The molecule has 1 aliphatic rings. The van der Waals surface area contributed by atoms with Crippen molar-refractivity contribution in [2.75, 3.05) is 20.1 Å². The molecule has 1 N–H and O–H groups in total. The monoisotopic (exact) mass is 243 g/mol. The van der Waals surface area contributed by atoms with Gasteiger partial charge in [0, 0.05) is 12.6 Å². The zero-order chi connectivity index (χ0) is 12.8. The van der Waals surface area contributed by atoms with E-state index in [-0.39, 0.29) is 0 Å². The number of benzene rings is 1. The van der Waals surface area contributed by atoms with Gasteiger partial charge in [-0.15, -0.1) is 0 Å². The number of nitriles is 1. The van der Waals surface area contributed by atoms with Gasteiger partial charge in [0.1, 0.15) is 0 Å². The van der Waals surface area contributed by atoms with E-state index < -0.39 is 0 Å². The lowest BCUT2D eigenvalue weighted by molar-refractivity contribution is 0.216. The number of hydrogen-bond acceptors (Lipinski definition) is 3. The van der Waals surface area contributed by atoms with E-state index in [2.05, 4.69) is 29.4 Å². The van der Waals surface area contributed by atoms with Crippen LogP contribution in [0.3, 0.4) is 0 Å². The molecule has 0 bridgehead atoms. The molecular weight excluding hydrogens is 222 g/mol. The Bertz CT molecular complexity index is 414. The molecule has 18 heavy (non-hydrogen) atoms. The predicted octanol–water partition coefficient (Wildman–Crippen LogP) is 2.13. The molecule has 0 spiro atoms. The second-order valence-electron chi connectivity index (χ2n) is 5.06. The van der Waals surface area contributed by atoms with Crippen LogP contribution in [0.2, 0.25) is 0 Å². The fourth-order valence-electron chi connectivity index (χ4n) is 2.60. The van der Waals surface area contributed by atoms with Gasteiger partial charge in [-0.1, -0.05) is 12.1 Å². The fourth-order valence-corrected chi connectivity index (χ4v) is 2.60. The van der Waals surface area contributed by atoms with Crippen molar-refractivity contribution in [2.24, 2.45) is 0 Å². The van der Waals surface area contributed by atoms with E-state index >= 15 is 0 Å². The van der Waals surface area contributed by atoms with Gasteiger partial charge in [0.25, 0.3) is 0 Å². The summed E-state index contributed by atoms with van der Waals surface area (Å²) in [5, 5.41) is 12.4. The zero-order valence-corrected chi connectivity index (χ0v) is 11.0. The highest BCUT2D eigenvalue weighted by Crippen LogP contribution is 2.15. The van der Waals surface area contributed by atoms with Gasteiger partial charge >= 0.3 is 0 Å². The van der Waals surface area contributed by atoms with Crippen molar-refractivity contribution < 1.29 is 0 Å². The summed E-state index contributed by atoms with van der Waals surface area (Å²) in [6.45, 7) is 3.20. The van der Waals surface area contributed by atoms with Crippen LogP contribution in [-0.2, 0) is 6.54 Å². The van der Waals surface area contributed by atoms with Crippen LogP contribution < -0.4 is 5.32 Å². The van der Waals surface area contributed by atoms with Crippen molar-refractivity contribution >= 4 is 0 Å². The van der Waals surface area contributed by atoms with Crippen molar-refractivity contribution in [1.82, 2.24) is 10.2 Å². The molecule has 0 amide bonds. The summed E-state index contributed by atoms with van der Waals surface area (Å²) in [4.78, 5) is 2.42. The molecule has 2 rings (SSSR count). The Kier molecular flexibility index (Phi) is 4.74. The number of nitrogens with one attached hydrogen (secondary N) is 1. The minimum Gasteiger partial charge on any atom is -0.317 e. The van der Waals surface area contributed by atoms with Crippen molar-refractivity contribution in [1.29, 1.82) is 5.26 Å². The van der Waals surface area contributed by atoms with Crippen LogP contribution in [0.25, 0.3) is 0 Å². The molecule has 1 aromatic carbocycles. The number of nitrogens with zero attached hydrogens (tertiary/aromatic N) is 2. The van der Waals surface area contributed by atoms with Crippen LogP contribution >= 0.6 is 0 Å². The molecule has 0 aromatic heterocycles. The van der Waals surface area contributed by atoms with Crippen LogP contribution in [0.15, 0.2) is 24.3 Å². The molecule has 0 saturated carbocycles. The smallest absolute Gasteiger partial charge is 0.0991 e. The molecule has 0 radical (unpaired) electrons. The van der Waals surface area contributed by atoms with Gasteiger partial charge in [0.15, 0.2) is 0 Å². The van der Waals surface area contributed by atoms with E-state index in [9.17, 15) is 0 Å². The molecule has 1 unspecified atom stereocenters. The maximum absolute atomic E-state index is 8.91. The third-order valence-corrected chi connectivity index (χ3v) is 3.66. The van der Waals surface area contributed by atoms with Gasteiger partial charge in [0.2, 0.25) is 0 Å². The normalized spacial score (nSPS) is 20.4. The first kappa shape index (κ1) is 13.1. The van der Waals surface area contributed by atoms with Gasteiger partial charge in [-0.2, -0.15) is 5.26 Å². The second-order valence-corrected chi connectivity index (χ2v) is 5.06. The highest BCUT2D eigenvalue weighted by molar-refractivity contribution is 5.32. The minimum atomic E-state index is 0.658. The van der Waals surface area contributed by atoms with E-state index in [1.165, 1.54) is 24.8 Å². The average molecular weight is 243 g/mol. The summed E-state index contributed by atoms with van der Waals surface area (Å²) < 4.78 is 0. The predicted molar refractivity (Wildman–Crippen MR) is 73.1 cm³/mol. The zero-order valence-electron chi connectivity index (χ0n) is 11.0. The Morgan fingerprint density at radius 2 is 2.28 bits per heavy atom. The molecule has 1 aliphatic heterocycles. The standard InChI is InChI=1S/C15H21N3/c1-18(15-6-3-8-17-9-7-15)12-14-5-2-4-13(10-14)11-16/h2,4-5,10,15,17H,3,6-9,12H2,1H3. The Morgan fingerprint density at radius 3 is 3.11 bits per heavy atom. The van der Waals surface area contributed by atoms with Crippen molar-refractivity contribution in [3.05, 3.63) is 35.4 Å². The van der Waals surface area contributed by atoms with Gasteiger partial charge in [-0.05, 0) is 57.1 Å². The summed E-state index contributed by atoms with van der Waals surface area (Å²) in [6.07, 6.45) is 3.74. The highest BCUT2D eigenvalue weighted by atomic mass is 15.1. The van der Waals surface area contributed by atoms with Crippen molar-refractivity contribution in [3.8, 4) is 6.07 Å². The Hall–Kier alpha value is -1.37. The Balaban J connectivity index is 1.97. The first-order valence-electron chi connectivity index (χ1n) is 6.69. The van der Waals surface area contributed by atoms with Gasteiger partial charge in [-0.3, -0.25) is 4.90 Å². The minimum absolute atomic E-state index is 0.658. The molecule has 1 heterocycles. The van der Waals surface area contributed by atoms with Gasteiger partial charge < -0.3 is 5.32 Å². The largest absolute Gasteiger partial charge is 0.317 e. The molecule has 3 heteroatoms. The summed E-state index contributed by atoms with van der Waals surface area (Å²) in [5.74, 6) is 0. The molecule has 3 nitrogen and oxygen atoms in total. The first-order valence-corrected chi connectivity index (χ1v) is 6.69. The molecule has 1 atom stereocenters. The highest BCUT2D eigenvalue weighted by Gasteiger charge is 2.16. The fraction of sp³-hybridized carbons (Fsp3) is 0.533. The van der Waals surface area contributed by atoms with E-state index in [1.807, 2.05) is 18.2 Å². The maximum atomic E-state index is 8.91. The van der Waals surface area contributed by atoms with Crippen LogP contribution in [0, 0.1) is 11.3 Å². The summed E-state index contributed by atoms with van der Waals surface area (Å²) in [5.41, 5.74) is 1.98. The van der Waals surface area contributed by atoms with Gasteiger partial charge in [-0.25, -0.2) is 0 Å². The van der Waals surface area contributed by atoms with Gasteiger partial charge in [0.05, 0.1) is 11.6 Å². The first-order chi connectivity index (χ1) is 8.79. The molecule has 1 saturated heterocycles.